The van der Waals surface area contributed by atoms with Gasteiger partial charge in [0.2, 0.25) is 0 Å². The molecule has 3 heteroatoms. The van der Waals surface area contributed by atoms with Crippen molar-refractivity contribution in [2.24, 2.45) is 0 Å². The molecule has 0 aromatic heterocycles. The van der Waals surface area contributed by atoms with Crippen LogP contribution in [0.2, 0.25) is 0 Å². The average Bonchev–Trinajstić information content (AvgIpc) is 2.15. The molecule has 1 aromatic rings. The van der Waals surface area contributed by atoms with E-state index in [9.17, 15) is 0 Å². The minimum Gasteiger partial charge on any atom is -0.467 e. The number of methoxy groups -OCH3 is 1. The van der Waals surface area contributed by atoms with Crippen molar-refractivity contribution in [2.75, 3.05) is 13.9 Å². The molecule has 72 valence electrons. The maximum absolute atomic E-state index is 5.41. The number of halogens is 1. The molecule has 0 unspecified atom stereocenters. The smallest absolute Gasteiger partial charge is 0.188 e. The van der Waals surface area contributed by atoms with Gasteiger partial charge >= 0.3 is 0 Å². The van der Waals surface area contributed by atoms with Gasteiger partial charge in [-0.05, 0) is 18.6 Å². The summed E-state index contributed by atoms with van der Waals surface area (Å²) < 4.78 is 11.3. The molecular formula is C10H13BrO2. The summed E-state index contributed by atoms with van der Waals surface area (Å²) in [5.41, 5.74) is 1.18. The zero-order valence-corrected chi connectivity index (χ0v) is 9.43. The number of ether oxygens (including phenoxy) is 2. The zero-order valence-electron chi connectivity index (χ0n) is 7.84. The second-order valence-corrected chi connectivity index (χ2v) is 3.48. The summed E-state index contributed by atoms with van der Waals surface area (Å²) in [5.74, 6) is 0.888. The van der Waals surface area contributed by atoms with E-state index < -0.39 is 0 Å². The van der Waals surface area contributed by atoms with Crippen LogP contribution in [0.15, 0.2) is 22.7 Å². The van der Waals surface area contributed by atoms with E-state index in [0.717, 1.165) is 16.6 Å². The van der Waals surface area contributed by atoms with Crippen LogP contribution in [0.4, 0.5) is 0 Å². The first-order chi connectivity index (χ1) is 6.29. The SMILES string of the molecule is CCc1c(Br)cccc1OCOC. The van der Waals surface area contributed by atoms with Crippen LogP contribution in [0.5, 0.6) is 5.75 Å². The molecule has 0 amide bonds. The first-order valence-electron chi connectivity index (χ1n) is 4.18. The van der Waals surface area contributed by atoms with Crippen LogP contribution >= 0.6 is 15.9 Å². The van der Waals surface area contributed by atoms with Crippen molar-refractivity contribution >= 4 is 15.9 Å². The van der Waals surface area contributed by atoms with E-state index >= 15 is 0 Å². The summed E-state index contributed by atoms with van der Waals surface area (Å²) in [7, 11) is 1.61. The molecule has 0 fully saturated rings. The number of hydrogen-bond donors (Lipinski definition) is 0. The molecule has 2 nitrogen and oxygen atoms in total. The second kappa shape index (κ2) is 5.25. The van der Waals surface area contributed by atoms with Gasteiger partial charge in [-0.3, -0.25) is 0 Å². The Labute approximate surface area is 87.0 Å². The van der Waals surface area contributed by atoms with Crippen LogP contribution in [0.1, 0.15) is 12.5 Å². The first kappa shape index (κ1) is 10.5. The summed E-state index contributed by atoms with van der Waals surface area (Å²) in [5, 5.41) is 0. The Morgan fingerprint density at radius 2 is 2.15 bits per heavy atom. The van der Waals surface area contributed by atoms with E-state index in [4.69, 9.17) is 9.47 Å². The van der Waals surface area contributed by atoms with Gasteiger partial charge in [0.1, 0.15) is 5.75 Å². The van der Waals surface area contributed by atoms with E-state index in [1.54, 1.807) is 7.11 Å². The molecule has 0 aliphatic carbocycles. The summed E-state index contributed by atoms with van der Waals surface area (Å²) >= 11 is 3.48. The van der Waals surface area contributed by atoms with Gasteiger partial charge in [0, 0.05) is 17.1 Å². The molecule has 0 saturated carbocycles. The average molecular weight is 245 g/mol. The molecule has 0 saturated heterocycles. The van der Waals surface area contributed by atoms with E-state index in [1.165, 1.54) is 5.56 Å². The van der Waals surface area contributed by atoms with Gasteiger partial charge in [0.25, 0.3) is 0 Å². The highest BCUT2D eigenvalue weighted by atomic mass is 79.9. The van der Waals surface area contributed by atoms with Gasteiger partial charge in [0.05, 0.1) is 0 Å². The zero-order chi connectivity index (χ0) is 9.68. The Hall–Kier alpha value is -0.540. The lowest BCUT2D eigenvalue weighted by Crippen LogP contribution is -2.01. The van der Waals surface area contributed by atoms with Gasteiger partial charge < -0.3 is 9.47 Å². The third kappa shape index (κ3) is 2.71. The molecule has 13 heavy (non-hydrogen) atoms. The topological polar surface area (TPSA) is 18.5 Å². The van der Waals surface area contributed by atoms with Crippen LogP contribution in [0.25, 0.3) is 0 Å². The highest BCUT2D eigenvalue weighted by Crippen LogP contribution is 2.26. The third-order valence-corrected chi connectivity index (χ3v) is 2.50. The largest absolute Gasteiger partial charge is 0.467 e. The van der Waals surface area contributed by atoms with Crippen molar-refractivity contribution in [2.45, 2.75) is 13.3 Å². The van der Waals surface area contributed by atoms with Crippen LogP contribution in [0.3, 0.4) is 0 Å². The quantitative estimate of drug-likeness (QED) is 0.759. The second-order valence-electron chi connectivity index (χ2n) is 2.62. The fourth-order valence-electron chi connectivity index (χ4n) is 1.14. The molecule has 1 aromatic carbocycles. The van der Waals surface area contributed by atoms with Gasteiger partial charge in [0.15, 0.2) is 6.79 Å². The van der Waals surface area contributed by atoms with Crippen molar-refractivity contribution in [1.29, 1.82) is 0 Å². The van der Waals surface area contributed by atoms with Gasteiger partial charge in [-0.1, -0.05) is 28.9 Å². The van der Waals surface area contributed by atoms with Crippen molar-refractivity contribution in [3.8, 4) is 5.75 Å². The minimum atomic E-state index is 0.295. The molecule has 0 heterocycles. The van der Waals surface area contributed by atoms with Crippen molar-refractivity contribution < 1.29 is 9.47 Å². The molecule has 0 atom stereocenters. The van der Waals surface area contributed by atoms with E-state index in [1.807, 2.05) is 18.2 Å². The van der Waals surface area contributed by atoms with E-state index in [-0.39, 0.29) is 0 Å². The molecular weight excluding hydrogens is 232 g/mol. The van der Waals surface area contributed by atoms with Crippen LogP contribution in [-0.4, -0.2) is 13.9 Å². The third-order valence-electron chi connectivity index (χ3n) is 1.76. The van der Waals surface area contributed by atoms with Crippen LogP contribution < -0.4 is 4.74 Å². The number of benzene rings is 1. The number of rotatable bonds is 4. The van der Waals surface area contributed by atoms with Crippen molar-refractivity contribution in [3.63, 3.8) is 0 Å². The molecule has 0 aliphatic heterocycles. The Morgan fingerprint density at radius 1 is 1.38 bits per heavy atom. The summed E-state index contributed by atoms with van der Waals surface area (Å²) in [4.78, 5) is 0. The Morgan fingerprint density at radius 3 is 2.77 bits per heavy atom. The fourth-order valence-corrected chi connectivity index (χ4v) is 1.77. The van der Waals surface area contributed by atoms with Crippen LogP contribution in [-0.2, 0) is 11.2 Å². The van der Waals surface area contributed by atoms with Gasteiger partial charge in [-0.15, -0.1) is 0 Å². The Bertz CT molecular complexity index is 274. The lowest BCUT2D eigenvalue weighted by molar-refractivity contribution is 0.0504. The van der Waals surface area contributed by atoms with E-state index in [0.29, 0.717) is 6.79 Å². The molecule has 0 spiro atoms. The van der Waals surface area contributed by atoms with Crippen molar-refractivity contribution in [3.05, 3.63) is 28.2 Å². The van der Waals surface area contributed by atoms with Gasteiger partial charge in [-0.25, -0.2) is 0 Å². The Balaban J connectivity index is 2.85. The molecule has 1 rings (SSSR count). The minimum absolute atomic E-state index is 0.295. The lowest BCUT2D eigenvalue weighted by atomic mass is 10.1. The standard InChI is InChI=1S/C10H13BrO2/c1-3-8-9(11)5-4-6-10(8)13-7-12-2/h4-6H,3,7H2,1-2H3. The number of hydrogen-bond acceptors (Lipinski definition) is 2. The Kier molecular flexibility index (Phi) is 4.25. The monoisotopic (exact) mass is 244 g/mol. The summed E-state index contributed by atoms with van der Waals surface area (Å²) in [6, 6.07) is 5.91. The van der Waals surface area contributed by atoms with E-state index in [2.05, 4.69) is 22.9 Å². The fraction of sp³-hybridized carbons (Fsp3) is 0.400. The lowest BCUT2D eigenvalue weighted by Gasteiger charge is -2.10. The summed E-state index contributed by atoms with van der Waals surface area (Å²) in [6.45, 7) is 2.39. The predicted octanol–water partition coefficient (Wildman–Crippen LogP) is 2.99. The predicted molar refractivity (Wildman–Crippen MR) is 56.0 cm³/mol. The molecule has 0 radical (unpaired) electrons. The highest BCUT2D eigenvalue weighted by Gasteiger charge is 2.04. The normalized spacial score (nSPS) is 10.1. The van der Waals surface area contributed by atoms with Crippen LogP contribution in [0, 0.1) is 0 Å². The molecule has 0 aliphatic rings. The molecule has 0 bridgehead atoms. The highest BCUT2D eigenvalue weighted by molar-refractivity contribution is 9.10. The van der Waals surface area contributed by atoms with Crippen molar-refractivity contribution in [1.82, 2.24) is 0 Å². The summed E-state index contributed by atoms with van der Waals surface area (Å²) in [6.07, 6.45) is 0.945. The first-order valence-corrected chi connectivity index (χ1v) is 4.98. The molecule has 0 N–H and O–H groups in total. The van der Waals surface area contributed by atoms with Gasteiger partial charge in [-0.2, -0.15) is 0 Å². The maximum Gasteiger partial charge on any atom is 0.188 e. The maximum atomic E-state index is 5.41.